The Labute approximate surface area is 135 Å². The second-order valence-corrected chi connectivity index (χ2v) is 6.19. The summed E-state index contributed by atoms with van der Waals surface area (Å²) in [5, 5.41) is 13.1. The van der Waals surface area contributed by atoms with Crippen LogP contribution in [-0.4, -0.2) is 53.7 Å². The first-order valence-corrected chi connectivity index (χ1v) is 7.97. The van der Waals surface area contributed by atoms with Gasteiger partial charge in [0, 0.05) is 19.2 Å². The second-order valence-electron chi connectivity index (χ2n) is 6.19. The van der Waals surface area contributed by atoms with Gasteiger partial charge in [0.15, 0.2) is 0 Å². The zero-order chi connectivity index (χ0) is 16.4. The van der Waals surface area contributed by atoms with Crippen LogP contribution < -0.4 is 5.32 Å². The SMILES string of the molecule is CO[C@@H]1CCC[C@@H](NC(=O)CN2Cc3ccccc3C2=O)[C@H]1O. The summed E-state index contributed by atoms with van der Waals surface area (Å²) in [5.74, 6) is -0.360. The van der Waals surface area contributed by atoms with Crippen LogP contribution in [0.2, 0.25) is 0 Å². The van der Waals surface area contributed by atoms with Crippen molar-refractivity contribution in [2.75, 3.05) is 13.7 Å². The fraction of sp³-hybridized carbons (Fsp3) is 0.529. The fourth-order valence-corrected chi connectivity index (χ4v) is 3.42. The molecule has 1 aromatic carbocycles. The molecule has 1 heterocycles. The number of amides is 2. The minimum absolute atomic E-state index is 0.00832. The lowest BCUT2D eigenvalue weighted by molar-refractivity contribution is -0.125. The van der Waals surface area contributed by atoms with Gasteiger partial charge in [-0.1, -0.05) is 18.2 Å². The predicted molar refractivity (Wildman–Crippen MR) is 83.8 cm³/mol. The molecular formula is C17H22N2O4. The largest absolute Gasteiger partial charge is 0.388 e. The predicted octanol–water partition coefficient (Wildman–Crippen LogP) is 0.687. The molecule has 0 saturated heterocycles. The Morgan fingerprint density at radius 1 is 1.39 bits per heavy atom. The summed E-state index contributed by atoms with van der Waals surface area (Å²) >= 11 is 0. The van der Waals surface area contributed by atoms with E-state index in [0.717, 1.165) is 24.8 Å². The summed E-state index contributed by atoms with van der Waals surface area (Å²) in [4.78, 5) is 26.0. The van der Waals surface area contributed by atoms with Crippen LogP contribution in [0.4, 0.5) is 0 Å². The third-order valence-electron chi connectivity index (χ3n) is 4.68. The van der Waals surface area contributed by atoms with Gasteiger partial charge < -0.3 is 20.1 Å². The van der Waals surface area contributed by atoms with E-state index in [1.54, 1.807) is 13.2 Å². The van der Waals surface area contributed by atoms with Crippen molar-refractivity contribution < 1.29 is 19.4 Å². The zero-order valence-corrected chi connectivity index (χ0v) is 13.2. The van der Waals surface area contributed by atoms with E-state index >= 15 is 0 Å². The van der Waals surface area contributed by atoms with E-state index in [1.165, 1.54) is 4.90 Å². The first-order chi connectivity index (χ1) is 11.1. The highest BCUT2D eigenvalue weighted by Crippen LogP contribution is 2.23. The monoisotopic (exact) mass is 318 g/mol. The van der Waals surface area contributed by atoms with Gasteiger partial charge in [-0.25, -0.2) is 0 Å². The van der Waals surface area contributed by atoms with Gasteiger partial charge in [-0.3, -0.25) is 9.59 Å². The third kappa shape index (κ3) is 3.23. The molecule has 1 aliphatic heterocycles. The molecule has 0 radical (unpaired) electrons. The van der Waals surface area contributed by atoms with E-state index in [4.69, 9.17) is 4.74 Å². The molecule has 124 valence electrons. The first-order valence-electron chi connectivity index (χ1n) is 7.97. The number of nitrogens with one attached hydrogen (secondary N) is 1. The van der Waals surface area contributed by atoms with Crippen molar-refractivity contribution in [2.24, 2.45) is 0 Å². The molecule has 23 heavy (non-hydrogen) atoms. The Balaban J connectivity index is 1.57. The molecule has 1 saturated carbocycles. The molecule has 2 aliphatic rings. The lowest BCUT2D eigenvalue weighted by Crippen LogP contribution is -2.53. The number of hydrogen-bond donors (Lipinski definition) is 2. The van der Waals surface area contributed by atoms with Crippen LogP contribution in [0.3, 0.4) is 0 Å². The van der Waals surface area contributed by atoms with Crippen molar-refractivity contribution in [2.45, 2.75) is 44.1 Å². The maximum Gasteiger partial charge on any atom is 0.254 e. The average molecular weight is 318 g/mol. The summed E-state index contributed by atoms with van der Waals surface area (Å²) in [7, 11) is 1.57. The van der Waals surface area contributed by atoms with Crippen LogP contribution in [0.15, 0.2) is 24.3 Å². The number of aliphatic hydroxyl groups excluding tert-OH is 1. The molecule has 3 rings (SSSR count). The highest BCUT2D eigenvalue weighted by Gasteiger charge is 2.34. The smallest absolute Gasteiger partial charge is 0.254 e. The average Bonchev–Trinajstić information content (AvgIpc) is 2.86. The van der Waals surface area contributed by atoms with Crippen molar-refractivity contribution >= 4 is 11.8 Å². The van der Waals surface area contributed by atoms with Gasteiger partial charge >= 0.3 is 0 Å². The molecule has 2 N–H and O–H groups in total. The van der Waals surface area contributed by atoms with Crippen LogP contribution in [0.25, 0.3) is 0 Å². The molecule has 6 nitrogen and oxygen atoms in total. The summed E-state index contributed by atoms with van der Waals surface area (Å²) in [5.41, 5.74) is 1.61. The third-order valence-corrected chi connectivity index (χ3v) is 4.68. The minimum Gasteiger partial charge on any atom is -0.388 e. The summed E-state index contributed by atoms with van der Waals surface area (Å²) in [6.07, 6.45) is 1.47. The summed E-state index contributed by atoms with van der Waals surface area (Å²) in [6, 6.07) is 7.08. The highest BCUT2D eigenvalue weighted by atomic mass is 16.5. The van der Waals surface area contributed by atoms with Gasteiger partial charge in [-0.2, -0.15) is 0 Å². The van der Waals surface area contributed by atoms with Crippen molar-refractivity contribution in [3.05, 3.63) is 35.4 Å². The molecule has 3 atom stereocenters. The molecular weight excluding hydrogens is 296 g/mol. The second kappa shape index (κ2) is 6.68. The number of carbonyl (C=O) groups is 2. The van der Waals surface area contributed by atoms with Crippen LogP contribution in [-0.2, 0) is 16.1 Å². The van der Waals surface area contributed by atoms with Gasteiger partial charge in [0.05, 0.1) is 12.1 Å². The number of aliphatic hydroxyl groups is 1. The fourth-order valence-electron chi connectivity index (χ4n) is 3.42. The number of methoxy groups -OCH3 is 1. The Morgan fingerprint density at radius 2 is 2.17 bits per heavy atom. The quantitative estimate of drug-likeness (QED) is 0.856. The number of nitrogens with zero attached hydrogens (tertiary/aromatic N) is 1. The molecule has 1 aromatic rings. The Morgan fingerprint density at radius 3 is 2.91 bits per heavy atom. The number of hydrogen-bond acceptors (Lipinski definition) is 4. The van der Waals surface area contributed by atoms with Crippen LogP contribution in [0, 0.1) is 0 Å². The van der Waals surface area contributed by atoms with Crippen molar-refractivity contribution in [1.82, 2.24) is 10.2 Å². The molecule has 0 bridgehead atoms. The van der Waals surface area contributed by atoms with Gasteiger partial charge in [0.1, 0.15) is 12.6 Å². The summed E-state index contributed by atoms with van der Waals surface area (Å²) in [6.45, 7) is 0.463. The number of carbonyl (C=O) groups excluding carboxylic acids is 2. The topological polar surface area (TPSA) is 78.9 Å². The van der Waals surface area contributed by atoms with E-state index < -0.39 is 6.10 Å². The lowest BCUT2D eigenvalue weighted by atomic mass is 9.90. The molecule has 2 amide bonds. The van der Waals surface area contributed by atoms with Gasteiger partial charge in [-0.05, 0) is 30.9 Å². The number of rotatable bonds is 4. The van der Waals surface area contributed by atoms with E-state index in [9.17, 15) is 14.7 Å². The molecule has 1 fully saturated rings. The number of ether oxygens (including phenoxy) is 1. The van der Waals surface area contributed by atoms with Crippen LogP contribution in [0.5, 0.6) is 0 Å². The molecule has 1 aliphatic carbocycles. The Kier molecular flexibility index (Phi) is 4.63. The normalized spacial score (nSPS) is 27.0. The first kappa shape index (κ1) is 16.0. The lowest BCUT2D eigenvalue weighted by Gasteiger charge is -2.34. The van der Waals surface area contributed by atoms with E-state index in [2.05, 4.69) is 5.32 Å². The van der Waals surface area contributed by atoms with Gasteiger partial charge in [0.2, 0.25) is 5.91 Å². The maximum absolute atomic E-state index is 12.3. The molecule has 6 heteroatoms. The number of fused-ring (bicyclic) bond motifs is 1. The number of benzene rings is 1. The Bertz CT molecular complexity index is 604. The van der Waals surface area contributed by atoms with Crippen LogP contribution >= 0.6 is 0 Å². The van der Waals surface area contributed by atoms with E-state index in [0.29, 0.717) is 12.1 Å². The minimum atomic E-state index is -0.704. The van der Waals surface area contributed by atoms with Crippen molar-refractivity contribution in [3.8, 4) is 0 Å². The zero-order valence-electron chi connectivity index (χ0n) is 13.2. The van der Waals surface area contributed by atoms with E-state index in [-0.39, 0.29) is 30.5 Å². The molecule has 0 unspecified atom stereocenters. The Hall–Kier alpha value is -1.92. The molecule has 0 spiro atoms. The summed E-state index contributed by atoms with van der Waals surface area (Å²) < 4.78 is 5.24. The van der Waals surface area contributed by atoms with E-state index in [1.807, 2.05) is 18.2 Å². The van der Waals surface area contributed by atoms with Gasteiger partial charge in [0.25, 0.3) is 5.91 Å². The highest BCUT2D eigenvalue weighted by molar-refractivity contribution is 6.00. The maximum atomic E-state index is 12.3. The standard InChI is InChI=1S/C17H22N2O4/c1-23-14-8-4-7-13(16(14)21)18-15(20)10-19-9-11-5-2-3-6-12(11)17(19)22/h2-3,5-6,13-14,16,21H,4,7-10H2,1H3,(H,18,20)/t13-,14-,16-/m1/s1. The van der Waals surface area contributed by atoms with Crippen molar-refractivity contribution in [3.63, 3.8) is 0 Å². The van der Waals surface area contributed by atoms with Crippen molar-refractivity contribution in [1.29, 1.82) is 0 Å². The van der Waals surface area contributed by atoms with Crippen LogP contribution in [0.1, 0.15) is 35.2 Å². The van der Waals surface area contributed by atoms with Gasteiger partial charge in [-0.15, -0.1) is 0 Å². The molecule has 0 aromatic heterocycles.